The second kappa shape index (κ2) is 7.06. The molecule has 1 aliphatic rings. The number of nitrogens with zero attached hydrogens (tertiary/aromatic N) is 1. The maximum atomic E-state index is 6.03. The molecule has 2 rings (SSSR count). The minimum absolute atomic E-state index is 0.512. The van der Waals surface area contributed by atoms with Gasteiger partial charge in [0, 0.05) is 18.6 Å². The lowest BCUT2D eigenvalue weighted by Crippen LogP contribution is -2.43. The zero-order valence-corrected chi connectivity index (χ0v) is 12.4. The summed E-state index contributed by atoms with van der Waals surface area (Å²) in [4.78, 5) is 2.55. The molecular weight excluding hydrogens is 232 g/mol. The molecule has 2 atom stereocenters. The van der Waals surface area contributed by atoms with E-state index in [-0.39, 0.29) is 0 Å². The topological polar surface area (TPSA) is 29.3 Å². The Morgan fingerprint density at radius 1 is 1.21 bits per heavy atom. The Labute approximate surface area is 118 Å². The van der Waals surface area contributed by atoms with Gasteiger partial charge in [0.1, 0.15) is 0 Å². The largest absolute Gasteiger partial charge is 0.329 e. The molecule has 2 N–H and O–H groups in total. The summed E-state index contributed by atoms with van der Waals surface area (Å²) in [6.45, 7) is 3.09. The molecule has 0 saturated heterocycles. The molecule has 2 nitrogen and oxygen atoms in total. The van der Waals surface area contributed by atoms with E-state index in [1.165, 1.54) is 31.2 Å². The maximum absolute atomic E-state index is 6.03. The number of benzene rings is 1. The average Bonchev–Trinajstić information content (AvgIpc) is 2.99. The first-order valence-corrected chi connectivity index (χ1v) is 7.69. The third kappa shape index (κ3) is 3.80. The molecule has 0 amide bonds. The number of nitrogens with two attached hydrogens (primary N) is 1. The van der Waals surface area contributed by atoms with Crippen LogP contribution in [-0.4, -0.2) is 30.6 Å². The monoisotopic (exact) mass is 260 g/mol. The molecule has 0 spiro atoms. The molecule has 2 unspecified atom stereocenters. The Morgan fingerprint density at radius 3 is 2.42 bits per heavy atom. The van der Waals surface area contributed by atoms with Crippen LogP contribution in [0.3, 0.4) is 0 Å². The molecular formula is C17H28N2. The van der Waals surface area contributed by atoms with Gasteiger partial charge in [-0.25, -0.2) is 0 Å². The Morgan fingerprint density at radius 2 is 1.84 bits per heavy atom. The normalized spacial score (nSPS) is 19.8. The highest BCUT2D eigenvalue weighted by Crippen LogP contribution is 2.27. The number of rotatable bonds is 6. The van der Waals surface area contributed by atoms with Gasteiger partial charge in [0.15, 0.2) is 0 Å². The summed E-state index contributed by atoms with van der Waals surface area (Å²) in [5.74, 6) is 0.582. The van der Waals surface area contributed by atoms with Gasteiger partial charge in [-0.05, 0) is 37.8 Å². The zero-order chi connectivity index (χ0) is 13.7. The van der Waals surface area contributed by atoms with Crippen LogP contribution in [0.1, 0.15) is 50.5 Å². The van der Waals surface area contributed by atoms with Crippen LogP contribution >= 0.6 is 0 Å². The number of likely N-dealkylation sites (N-methyl/N-ethyl adjacent to an activating group) is 1. The Hall–Kier alpha value is -0.860. The van der Waals surface area contributed by atoms with E-state index in [9.17, 15) is 0 Å². The lowest BCUT2D eigenvalue weighted by atomic mass is 9.92. The lowest BCUT2D eigenvalue weighted by Gasteiger charge is -2.34. The van der Waals surface area contributed by atoms with Crippen LogP contribution in [0.5, 0.6) is 0 Å². The predicted octanol–water partition coefficient (Wildman–Crippen LogP) is 3.38. The van der Waals surface area contributed by atoms with Crippen LogP contribution < -0.4 is 5.73 Å². The molecule has 2 heteroatoms. The molecule has 19 heavy (non-hydrogen) atoms. The fourth-order valence-electron chi connectivity index (χ4n) is 3.36. The quantitative estimate of drug-likeness (QED) is 0.849. The van der Waals surface area contributed by atoms with Crippen LogP contribution in [0, 0.1) is 0 Å². The summed E-state index contributed by atoms with van der Waals surface area (Å²) in [5.41, 5.74) is 7.46. The second-order valence-electron chi connectivity index (χ2n) is 6.04. The highest BCUT2D eigenvalue weighted by Gasteiger charge is 2.26. The molecule has 1 aliphatic carbocycles. The van der Waals surface area contributed by atoms with Crippen molar-refractivity contribution in [2.24, 2.45) is 5.73 Å². The average molecular weight is 260 g/mol. The van der Waals surface area contributed by atoms with Crippen molar-refractivity contribution in [3.05, 3.63) is 35.9 Å². The van der Waals surface area contributed by atoms with Gasteiger partial charge < -0.3 is 5.73 Å². The SMILES string of the molecule is CC(CC(CN)N(C)C1CCCC1)c1ccccc1. The number of hydrogen-bond acceptors (Lipinski definition) is 2. The van der Waals surface area contributed by atoms with Gasteiger partial charge in [0.2, 0.25) is 0 Å². The van der Waals surface area contributed by atoms with Crippen molar-refractivity contribution in [2.45, 2.75) is 57.0 Å². The smallest absolute Gasteiger partial charge is 0.0224 e. The van der Waals surface area contributed by atoms with Crippen LogP contribution in [-0.2, 0) is 0 Å². The van der Waals surface area contributed by atoms with Crippen LogP contribution in [0.15, 0.2) is 30.3 Å². The summed E-state index contributed by atoms with van der Waals surface area (Å²) < 4.78 is 0. The Kier molecular flexibility index (Phi) is 5.41. The van der Waals surface area contributed by atoms with Crippen molar-refractivity contribution >= 4 is 0 Å². The standard InChI is InChI=1S/C17H28N2/c1-14(15-8-4-3-5-9-15)12-17(13-18)19(2)16-10-6-7-11-16/h3-5,8-9,14,16-17H,6-7,10-13,18H2,1-2H3. The molecule has 0 radical (unpaired) electrons. The Balaban J connectivity index is 1.94. The minimum Gasteiger partial charge on any atom is -0.329 e. The summed E-state index contributed by atoms with van der Waals surface area (Å²) in [5, 5.41) is 0. The van der Waals surface area contributed by atoms with Crippen molar-refractivity contribution in [1.82, 2.24) is 4.90 Å². The molecule has 1 aromatic rings. The highest BCUT2D eigenvalue weighted by molar-refractivity contribution is 5.19. The molecule has 1 fully saturated rings. The van der Waals surface area contributed by atoms with Crippen molar-refractivity contribution in [1.29, 1.82) is 0 Å². The van der Waals surface area contributed by atoms with E-state index >= 15 is 0 Å². The third-order valence-corrected chi connectivity index (χ3v) is 4.74. The fraction of sp³-hybridized carbons (Fsp3) is 0.647. The summed E-state index contributed by atoms with van der Waals surface area (Å²) in [6, 6.07) is 12.1. The van der Waals surface area contributed by atoms with E-state index in [4.69, 9.17) is 5.73 Å². The minimum atomic E-state index is 0.512. The summed E-state index contributed by atoms with van der Waals surface area (Å²) in [6.07, 6.45) is 6.65. The van der Waals surface area contributed by atoms with E-state index in [2.05, 4.69) is 49.2 Å². The van der Waals surface area contributed by atoms with E-state index in [0.717, 1.165) is 19.0 Å². The number of hydrogen-bond donors (Lipinski definition) is 1. The maximum Gasteiger partial charge on any atom is 0.0224 e. The first-order valence-electron chi connectivity index (χ1n) is 7.69. The van der Waals surface area contributed by atoms with Gasteiger partial charge in [0.05, 0.1) is 0 Å². The molecule has 0 aromatic heterocycles. The van der Waals surface area contributed by atoms with Crippen molar-refractivity contribution in [2.75, 3.05) is 13.6 Å². The van der Waals surface area contributed by atoms with Gasteiger partial charge in [-0.15, -0.1) is 0 Å². The van der Waals surface area contributed by atoms with Gasteiger partial charge in [-0.3, -0.25) is 4.90 Å². The molecule has 0 aliphatic heterocycles. The molecule has 1 saturated carbocycles. The molecule has 106 valence electrons. The van der Waals surface area contributed by atoms with Crippen molar-refractivity contribution in [3.63, 3.8) is 0 Å². The highest BCUT2D eigenvalue weighted by atomic mass is 15.2. The van der Waals surface area contributed by atoms with E-state index in [0.29, 0.717) is 12.0 Å². The lowest BCUT2D eigenvalue weighted by molar-refractivity contribution is 0.165. The Bertz CT molecular complexity index is 357. The van der Waals surface area contributed by atoms with Crippen molar-refractivity contribution in [3.8, 4) is 0 Å². The fourth-order valence-corrected chi connectivity index (χ4v) is 3.36. The zero-order valence-electron chi connectivity index (χ0n) is 12.4. The first kappa shape index (κ1) is 14.5. The molecule has 1 aromatic carbocycles. The van der Waals surface area contributed by atoms with Crippen LogP contribution in [0.2, 0.25) is 0 Å². The van der Waals surface area contributed by atoms with Crippen LogP contribution in [0.4, 0.5) is 0 Å². The van der Waals surface area contributed by atoms with E-state index < -0.39 is 0 Å². The molecule has 0 bridgehead atoms. The third-order valence-electron chi connectivity index (χ3n) is 4.74. The van der Waals surface area contributed by atoms with Crippen LogP contribution in [0.25, 0.3) is 0 Å². The van der Waals surface area contributed by atoms with E-state index in [1.807, 2.05) is 0 Å². The molecule has 0 heterocycles. The summed E-state index contributed by atoms with van der Waals surface area (Å²) >= 11 is 0. The second-order valence-corrected chi connectivity index (χ2v) is 6.04. The van der Waals surface area contributed by atoms with Gasteiger partial charge in [0.25, 0.3) is 0 Å². The van der Waals surface area contributed by atoms with Gasteiger partial charge >= 0.3 is 0 Å². The first-order chi connectivity index (χ1) is 9.22. The summed E-state index contributed by atoms with van der Waals surface area (Å²) in [7, 11) is 2.27. The van der Waals surface area contributed by atoms with Gasteiger partial charge in [-0.1, -0.05) is 50.1 Å². The van der Waals surface area contributed by atoms with Crippen molar-refractivity contribution < 1.29 is 0 Å². The van der Waals surface area contributed by atoms with Gasteiger partial charge in [-0.2, -0.15) is 0 Å². The van der Waals surface area contributed by atoms with E-state index in [1.54, 1.807) is 0 Å². The predicted molar refractivity (Wildman–Crippen MR) is 82.3 cm³/mol.